The molecule has 0 fully saturated rings. The number of carbonyl (C=O) groups is 1. The number of hydrogen-bond acceptors (Lipinski definition) is 3. The molecule has 3 rings (SSSR count). The molecule has 0 saturated heterocycles. The third-order valence-electron chi connectivity index (χ3n) is 3.79. The molecule has 5 nitrogen and oxygen atoms in total. The minimum Gasteiger partial charge on any atom is -0.497 e. The van der Waals surface area contributed by atoms with E-state index in [2.05, 4.69) is 16.9 Å². The van der Waals surface area contributed by atoms with Gasteiger partial charge in [0.15, 0.2) is 0 Å². The number of aromatic nitrogens is 2. The van der Waals surface area contributed by atoms with E-state index in [4.69, 9.17) is 4.74 Å². The zero-order valence-corrected chi connectivity index (χ0v) is 13.5. The summed E-state index contributed by atoms with van der Waals surface area (Å²) >= 11 is 0. The Morgan fingerprint density at radius 3 is 2.83 bits per heavy atom. The Hall–Kier alpha value is -3.08. The van der Waals surface area contributed by atoms with Crippen molar-refractivity contribution < 1.29 is 9.53 Å². The monoisotopic (exact) mass is 321 g/mol. The van der Waals surface area contributed by atoms with E-state index in [1.54, 1.807) is 19.4 Å². The minimum absolute atomic E-state index is 0.0761. The molecule has 0 aliphatic heterocycles. The number of benzene rings is 1. The van der Waals surface area contributed by atoms with Gasteiger partial charge >= 0.3 is 0 Å². The highest BCUT2D eigenvalue weighted by Crippen LogP contribution is 2.28. The van der Waals surface area contributed by atoms with Gasteiger partial charge in [-0.2, -0.15) is 0 Å². The number of nitrogens with one attached hydrogen (secondary N) is 1. The molecular formula is C19H19N3O2. The summed E-state index contributed by atoms with van der Waals surface area (Å²) < 4.78 is 7.14. The minimum atomic E-state index is -0.0761. The zero-order chi connectivity index (χ0) is 16.9. The molecule has 3 aromatic rings. The molecular weight excluding hydrogens is 302 g/mol. The number of pyridine rings is 1. The average molecular weight is 321 g/mol. The van der Waals surface area contributed by atoms with E-state index >= 15 is 0 Å². The molecule has 0 radical (unpaired) electrons. The van der Waals surface area contributed by atoms with E-state index in [0.717, 1.165) is 28.0 Å². The number of fused-ring (bicyclic) bond motifs is 1. The standard InChI is InChI=1S/C19H19N3O2/c1-3-10-20-18(23)13-22-17(12-15-5-4-11-21-19(15)22)14-6-8-16(24-2)9-7-14/h3-9,11-12H,1,10,13H2,2H3,(H,20,23). The highest BCUT2D eigenvalue weighted by atomic mass is 16.5. The van der Waals surface area contributed by atoms with Crippen LogP contribution in [0, 0.1) is 0 Å². The van der Waals surface area contributed by atoms with Gasteiger partial charge in [0, 0.05) is 18.1 Å². The molecule has 5 heteroatoms. The van der Waals surface area contributed by atoms with Crippen molar-refractivity contribution in [2.45, 2.75) is 6.54 Å². The number of carbonyl (C=O) groups excluding carboxylic acids is 1. The third-order valence-corrected chi connectivity index (χ3v) is 3.79. The number of amides is 1. The fraction of sp³-hybridized carbons (Fsp3) is 0.158. The summed E-state index contributed by atoms with van der Waals surface area (Å²) in [5.41, 5.74) is 2.74. The van der Waals surface area contributed by atoms with Gasteiger partial charge in [-0.3, -0.25) is 4.79 Å². The topological polar surface area (TPSA) is 56.2 Å². The molecule has 1 aromatic carbocycles. The second-order valence-electron chi connectivity index (χ2n) is 5.35. The number of ether oxygens (including phenoxy) is 1. The first kappa shape index (κ1) is 15.8. The Morgan fingerprint density at radius 1 is 1.33 bits per heavy atom. The van der Waals surface area contributed by atoms with Gasteiger partial charge in [-0.15, -0.1) is 6.58 Å². The number of methoxy groups -OCH3 is 1. The van der Waals surface area contributed by atoms with Crippen molar-refractivity contribution in [2.24, 2.45) is 0 Å². The van der Waals surface area contributed by atoms with Crippen LogP contribution < -0.4 is 10.1 Å². The van der Waals surface area contributed by atoms with Gasteiger partial charge < -0.3 is 14.6 Å². The molecule has 1 N–H and O–H groups in total. The molecule has 24 heavy (non-hydrogen) atoms. The molecule has 0 aliphatic carbocycles. The largest absolute Gasteiger partial charge is 0.497 e. The number of rotatable bonds is 6. The predicted molar refractivity (Wildman–Crippen MR) is 94.9 cm³/mol. The maximum atomic E-state index is 12.2. The highest BCUT2D eigenvalue weighted by molar-refractivity contribution is 5.87. The molecule has 2 aromatic heterocycles. The molecule has 0 spiro atoms. The van der Waals surface area contributed by atoms with Crippen molar-refractivity contribution in [1.29, 1.82) is 0 Å². The van der Waals surface area contributed by atoms with E-state index in [0.29, 0.717) is 6.54 Å². The van der Waals surface area contributed by atoms with Gasteiger partial charge in [0.05, 0.1) is 12.8 Å². The fourth-order valence-corrected chi connectivity index (χ4v) is 2.63. The van der Waals surface area contributed by atoms with Crippen LogP contribution in [0.1, 0.15) is 0 Å². The van der Waals surface area contributed by atoms with E-state index in [1.165, 1.54) is 0 Å². The lowest BCUT2D eigenvalue weighted by Gasteiger charge is -2.11. The van der Waals surface area contributed by atoms with Gasteiger partial charge in [-0.25, -0.2) is 4.98 Å². The van der Waals surface area contributed by atoms with Crippen LogP contribution in [0.3, 0.4) is 0 Å². The Balaban J connectivity index is 2.03. The lowest BCUT2D eigenvalue weighted by molar-refractivity contribution is -0.121. The number of hydrogen-bond donors (Lipinski definition) is 1. The Kier molecular flexibility index (Phi) is 4.61. The fourth-order valence-electron chi connectivity index (χ4n) is 2.63. The summed E-state index contributed by atoms with van der Waals surface area (Å²) in [6.45, 7) is 4.27. The van der Waals surface area contributed by atoms with Crippen LogP contribution in [0.4, 0.5) is 0 Å². The summed E-state index contributed by atoms with van der Waals surface area (Å²) in [7, 11) is 1.64. The van der Waals surface area contributed by atoms with Crippen LogP contribution >= 0.6 is 0 Å². The van der Waals surface area contributed by atoms with Gasteiger partial charge in [-0.1, -0.05) is 6.08 Å². The van der Waals surface area contributed by atoms with Crippen LogP contribution in [0.25, 0.3) is 22.3 Å². The normalized spacial score (nSPS) is 10.5. The lowest BCUT2D eigenvalue weighted by atomic mass is 10.1. The molecule has 1 amide bonds. The Labute approximate surface area is 140 Å². The second-order valence-corrected chi connectivity index (χ2v) is 5.35. The van der Waals surface area contributed by atoms with E-state index in [-0.39, 0.29) is 12.5 Å². The van der Waals surface area contributed by atoms with E-state index in [1.807, 2.05) is 47.0 Å². The van der Waals surface area contributed by atoms with Crippen molar-refractivity contribution in [3.05, 3.63) is 61.3 Å². The first-order chi connectivity index (χ1) is 11.7. The van der Waals surface area contributed by atoms with Crippen LogP contribution in [-0.4, -0.2) is 29.1 Å². The van der Waals surface area contributed by atoms with Crippen molar-refractivity contribution in [2.75, 3.05) is 13.7 Å². The summed E-state index contributed by atoms with van der Waals surface area (Å²) in [5.74, 6) is 0.719. The summed E-state index contributed by atoms with van der Waals surface area (Å²) in [6.07, 6.45) is 3.40. The first-order valence-corrected chi connectivity index (χ1v) is 7.69. The van der Waals surface area contributed by atoms with Crippen LogP contribution in [-0.2, 0) is 11.3 Å². The Morgan fingerprint density at radius 2 is 2.12 bits per heavy atom. The van der Waals surface area contributed by atoms with Crippen LogP contribution in [0.5, 0.6) is 5.75 Å². The quantitative estimate of drug-likeness (QED) is 0.710. The van der Waals surface area contributed by atoms with Gasteiger partial charge in [0.1, 0.15) is 17.9 Å². The first-order valence-electron chi connectivity index (χ1n) is 7.69. The van der Waals surface area contributed by atoms with Crippen LogP contribution in [0.15, 0.2) is 61.3 Å². The van der Waals surface area contributed by atoms with Gasteiger partial charge in [0.25, 0.3) is 0 Å². The van der Waals surface area contributed by atoms with Crippen molar-refractivity contribution in [3.8, 4) is 17.0 Å². The van der Waals surface area contributed by atoms with Crippen molar-refractivity contribution >= 4 is 16.9 Å². The van der Waals surface area contributed by atoms with E-state index in [9.17, 15) is 4.79 Å². The molecule has 0 saturated carbocycles. The van der Waals surface area contributed by atoms with Crippen molar-refractivity contribution in [3.63, 3.8) is 0 Å². The second kappa shape index (κ2) is 7.00. The molecule has 0 aliphatic rings. The SMILES string of the molecule is C=CCNC(=O)Cn1c(-c2ccc(OC)cc2)cc2cccnc21. The predicted octanol–water partition coefficient (Wildman–Crippen LogP) is 3.01. The van der Waals surface area contributed by atoms with Crippen LogP contribution in [0.2, 0.25) is 0 Å². The zero-order valence-electron chi connectivity index (χ0n) is 13.5. The number of nitrogens with zero attached hydrogens (tertiary/aromatic N) is 2. The molecule has 122 valence electrons. The smallest absolute Gasteiger partial charge is 0.240 e. The lowest BCUT2D eigenvalue weighted by Crippen LogP contribution is -2.27. The van der Waals surface area contributed by atoms with Gasteiger partial charge in [0.2, 0.25) is 5.91 Å². The summed E-state index contributed by atoms with van der Waals surface area (Å²) in [4.78, 5) is 16.6. The summed E-state index contributed by atoms with van der Waals surface area (Å²) in [5, 5.41) is 3.81. The molecule has 2 heterocycles. The third kappa shape index (κ3) is 3.15. The molecule has 0 atom stereocenters. The van der Waals surface area contributed by atoms with Gasteiger partial charge in [-0.05, 0) is 48.0 Å². The highest BCUT2D eigenvalue weighted by Gasteiger charge is 2.14. The molecule has 0 bridgehead atoms. The average Bonchev–Trinajstić information content (AvgIpc) is 2.98. The maximum absolute atomic E-state index is 12.2. The summed E-state index contributed by atoms with van der Waals surface area (Å²) in [6, 6.07) is 13.7. The van der Waals surface area contributed by atoms with E-state index < -0.39 is 0 Å². The van der Waals surface area contributed by atoms with Crippen molar-refractivity contribution in [1.82, 2.24) is 14.9 Å². The maximum Gasteiger partial charge on any atom is 0.240 e. The molecule has 0 unspecified atom stereocenters. The Bertz CT molecular complexity index is 866.